The van der Waals surface area contributed by atoms with Crippen LogP contribution in [0.15, 0.2) is 48.8 Å². The molecule has 0 aliphatic rings. The smallest absolute Gasteiger partial charge is 0.0964 e. The second-order valence-electron chi connectivity index (χ2n) is 3.22. The largest absolute Gasteiger partial charge is 0.254 e. The van der Waals surface area contributed by atoms with E-state index in [9.17, 15) is 0 Å². The van der Waals surface area contributed by atoms with Crippen LogP contribution in [0.5, 0.6) is 0 Å². The number of benzene rings is 1. The summed E-state index contributed by atoms with van der Waals surface area (Å²) in [4.78, 5) is 8.69. The van der Waals surface area contributed by atoms with Crippen molar-refractivity contribution in [2.24, 2.45) is 0 Å². The summed E-state index contributed by atoms with van der Waals surface area (Å²) in [5.74, 6) is 0. The van der Waals surface area contributed by atoms with E-state index in [2.05, 4.69) is 60.8 Å². The van der Waals surface area contributed by atoms with Crippen molar-refractivity contribution < 1.29 is 39.7 Å². The molecule has 0 atom stereocenters. The van der Waals surface area contributed by atoms with Gasteiger partial charge in [0, 0.05) is 44.2 Å². The summed E-state index contributed by atoms with van der Waals surface area (Å²) in [5, 5.41) is 2.28. The molecule has 0 bridgehead atoms. The molecule has 0 amide bonds. The molecular formula is C16H8MoN2O4. The van der Waals surface area contributed by atoms with Gasteiger partial charge in [-0.3, -0.25) is 9.97 Å². The maximum atomic E-state index is 7.50. The number of pyridine rings is 2. The molecule has 0 fully saturated rings. The minimum atomic E-state index is 0. The van der Waals surface area contributed by atoms with Gasteiger partial charge in [0.15, 0.2) is 0 Å². The molecule has 7 heteroatoms. The third-order valence-corrected chi connectivity index (χ3v) is 2.34. The monoisotopic (exact) mass is 390 g/mol. The molecule has 112 valence electrons. The van der Waals surface area contributed by atoms with Gasteiger partial charge >= 0.3 is 45.2 Å². The molecule has 3 rings (SSSR count). The van der Waals surface area contributed by atoms with Crippen LogP contribution in [-0.4, -0.2) is 9.97 Å². The molecule has 0 aliphatic heterocycles. The molecule has 0 N–H and O–H groups in total. The second-order valence-corrected chi connectivity index (χ2v) is 3.22. The van der Waals surface area contributed by atoms with Crippen LogP contribution in [0.2, 0.25) is 0 Å². The van der Waals surface area contributed by atoms with E-state index in [0.717, 1.165) is 21.8 Å². The van der Waals surface area contributed by atoms with Gasteiger partial charge in [0.1, 0.15) is 0 Å². The van der Waals surface area contributed by atoms with E-state index >= 15 is 0 Å². The Bertz CT molecular complexity index is 703. The Labute approximate surface area is 147 Å². The molecular weight excluding hydrogens is 380 g/mol. The van der Waals surface area contributed by atoms with Crippen LogP contribution in [0, 0.1) is 26.6 Å². The molecule has 0 saturated carbocycles. The van der Waals surface area contributed by atoms with E-state index in [1.165, 1.54) is 0 Å². The maximum Gasteiger partial charge on any atom is 0.0964 e. The molecule has 0 radical (unpaired) electrons. The Morgan fingerprint density at radius 1 is 0.565 bits per heavy atom. The average molecular weight is 388 g/mol. The van der Waals surface area contributed by atoms with E-state index in [0.29, 0.717) is 0 Å². The van der Waals surface area contributed by atoms with E-state index in [-0.39, 0.29) is 21.1 Å². The number of hydrogen-bond acceptors (Lipinski definition) is 2. The summed E-state index contributed by atoms with van der Waals surface area (Å²) in [5.41, 5.74) is 1.95. The number of nitrogens with zero attached hydrogens (tertiary/aromatic N) is 2. The SMILES string of the molecule is [C-]#[O+].[C-]#[O+].[C-]#[O+].[C-]#[O+].[Mo].c1cnc2c(c1)ccc1cccnc12. The van der Waals surface area contributed by atoms with Crippen LogP contribution in [0.25, 0.3) is 21.8 Å². The topological polar surface area (TPSA) is 105 Å². The van der Waals surface area contributed by atoms with Gasteiger partial charge in [-0.2, -0.15) is 0 Å². The van der Waals surface area contributed by atoms with Gasteiger partial charge in [-0.25, -0.2) is 0 Å². The van der Waals surface area contributed by atoms with E-state index < -0.39 is 0 Å². The third-order valence-electron chi connectivity index (χ3n) is 2.34. The predicted molar refractivity (Wildman–Crippen MR) is 72.8 cm³/mol. The van der Waals surface area contributed by atoms with Gasteiger partial charge < -0.3 is 0 Å². The molecule has 3 aromatic rings. The fourth-order valence-electron chi connectivity index (χ4n) is 1.68. The van der Waals surface area contributed by atoms with Crippen LogP contribution in [0.4, 0.5) is 0 Å². The van der Waals surface area contributed by atoms with Gasteiger partial charge in [0.05, 0.1) is 11.0 Å². The molecule has 0 unspecified atom stereocenters. The predicted octanol–water partition coefficient (Wildman–Crippen LogP) is 2.63. The minimum Gasteiger partial charge on any atom is -0.254 e. The number of hydrogen-bond donors (Lipinski definition) is 0. The Kier molecular flexibility index (Phi) is 19.8. The number of aromatic nitrogens is 2. The van der Waals surface area contributed by atoms with Crippen molar-refractivity contribution in [2.45, 2.75) is 0 Å². The van der Waals surface area contributed by atoms with Crippen LogP contribution in [0.3, 0.4) is 0 Å². The zero-order valence-electron chi connectivity index (χ0n) is 11.6. The van der Waals surface area contributed by atoms with Gasteiger partial charge in [0.2, 0.25) is 0 Å². The van der Waals surface area contributed by atoms with Gasteiger partial charge in [-0.05, 0) is 12.1 Å². The fourth-order valence-corrected chi connectivity index (χ4v) is 1.68. The maximum absolute atomic E-state index is 7.50. The van der Waals surface area contributed by atoms with E-state index in [1.807, 2.05) is 12.1 Å². The van der Waals surface area contributed by atoms with Gasteiger partial charge in [-0.1, -0.05) is 24.3 Å². The summed E-state index contributed by atoms with van der Waals surface area (Å²) < 4.78 is 30.0. The van der Waals surface area contributed by atoms with Crippen molar-refractivity contribution in [3.8, 4) is 0 Å². The number of fused-ring (bicyclic) bond motifs is 3. The second kappa shape index (κ2) is 17.7. The Morgan fingerprint density at radius 2 is 0.870 bits per heavy atom. The Morgan fingerprint density at radius 3 is 1.17 bits per heavy atom. The van der Waals surface area contributed by atoms with Crippen LogP contribution >= 0.6 is 0 Å². The molecule has 6 nitrogen and oxygen atoms in total. The summed E-state index contributed by atoms with van der Waals surface area (Å²) in [6, 6.07) is 12.1. The fraction of sp³-hybridized carbons (Fsp3) is 0. The van der Waals surface area contributed by atoms with Crippen molar-refractivity contribution in [2.75, 3.05) is 0 Å². The first-order chi connectivity index (χ1) is 10.9. The van der Waals surface area contributed by atoms with Crippen molar-refractivity contribution in [1.82, 2.24) is 9.97 Å². The van der Waals surface area contributed by atoms with Crippen LogP contribution in [-0.2, 0) is 39.7 Å². The van der Waals surface area contributed by atoms with Crippen molar-refractivity contribution in [3.63, 3.8) is 0 Å². The Balaban J connectivity index is -0.000000394. The molecule has 2 aromatic heterocycles. The third kappa shape index (κ3) is 7.48. The van der Waals surface area contributed by atoms with Crippen molar-refractivity contribution in [1.29, 1.82) is 0 Å². The molecule has 0 saturated heterocycles. The zero-order valence-corrected chi connectivity index (χ0v) is 13.6. The van der Waals surface area contributed by atoms with Crippen LogP contribution < -0.4 is 0 Å². The first-order valence-corrected chi connectivity index (χ1v) is 5.35. The summed E-state index contributed by atoms with van der Waals surface area (Å²) in [7, 11) is 0. The normalized spacial score (nSPS) is 6.96. The zero-order chi connectivity index (χ0) is 17.4. The summed E-state index contributed by atoms with van der Waals surface area (Å²) in [6.07, 6.45) is 3.60. The summed E-state index contributed by atoms with van der Waals surface area (Å²) >= 11 is 0. The standard InChI is InChI=1S/C12H8N2.4CO.Mo/c1-3-9-5-6-10-4-2-8-14-12(10)11(9)13-7-1;4*1-2;/h1-8H;;;;;. The van der Waals surface area contributed by atoms with Crippen molar-refractivity contribution >= 4 is 21.8 Å². The van der Waals surface area contributed by atoms with Crippen LogP contribution in [0.1, 0.15) is 0 Å². The summed E-state index contributed by atoms with van der Waals surface area (Å²) in [6.45, 7) is 18.0. The first kappa shape index (κ1) is 25.6. The number of rotatable bonds is 0. The Hall–Kier alpha value is -2.31. The molecule has 2 heterocycles. The molecule has 1 aromatic carbocycles. The first-order valence-electron chi connectivity index (χ1n) is 5.35. The van der Waals surface area contributed by atoms with E-state index in [1.54, 1.807) is 12.4 Å². The molecule has 23 heavy (non-hydrogen) atoms. The van der Waals surface area contributed by atoms with Gasteiger partial charge in [0.25, 0.3) is 0 Å². The quantitative estimate of drug-likeness (QED) is 0.256. The van der Waals surface area contributed by atoms with Crippen molar-refractivity contribution in [3.05, 3.63) is 75.4 Å². The average Bonchev–Trinajstić information content (AvgIpc) is 2.68. The minimum absolute atomic E-state index is 0. The molecule has 0 aliphatic carbocycles. The molecule has 0 spiro atoms. The van der Waals surface area contributed by atoms with E-state index in [4.69, 9.17) is 18.6 Å². The van der Waals surface area contributed by atoms with Gasteiger partial charge in [-0.15, -0.1) is 0 Å².